The van der Waals surface area contributed by atoms with E-state index in [1.807, 2.05) is 13.8 Å². The molecular formula is C13H18F3N. The third-order valence-electron chi connectivity index (χ3n) is 2.98. The average Bonchev–Trinajstić information content (AvgIpc) is 2.23. The standard InChI is InChI=1S/C13H18F3N/c1-4-5-8(2)13(17-3)12-10(15)6-9(14)7-11(12)16/h6-8,13,17H,4-5H2,1-3H3. The third kappa shape index (κ3) is 3.22. The van der Waals surface area contributed by atoms with Gasteiger partial charge < -0.3 is 5.32 Å². The van der Waals surface area contributed by atoms with Crippen LogP contribution in [0.4, 0.5) is 13.2 Å². The first-order valence-corrected chi connectivity index (χ1v) is 5.83. The summed E-state index contributed by atoms with van der Waals surface area (Å²) in [6.45, 7) is 3.94. The van der Waals surface area contributed by atoms with Crippen molar-refractivity contribution < 1.29 is 13.2 Å². The van der Waals surface area contributed by atoms with Gasteiger partial charge in [0.1, 0.15) is 17.5 Å². The molecular weight excluding hydrogens is 227 g/mol. The molecule has 0 bridgehead atoms. The second-order valence-electron chi connectivity index (χ2n) is 4.32. The number of hydrogen-bond donors (Lipinski definition) is 1. The monoisotopic (exact) mass is 245 g/mol. The molecule has 0 radical (unpaired) electrons. The summed E-state index contributed by atoms with van der Waals surface area (Å²) >= 11 is 0. The molecule has 0 saturated heterocycles. The van der Waals surface area contributed by atoms with Crippen LogP contribution in [0.5, 0.6) is 0 Å². The van der Waals surface area contributed by atoms with Gasteiger partial charge in [-0.2, -0.15) is 0 Å². The Hall–Kier alpha value is -1.03. The molecule has 0 saturated carbocycles. The lowest BCUT2D eigenvalue weighted by Gasteiger charge is -2.24. The van der Waals surface area contributed by atoms with E-state index in [0.717, 1.165) is 25.0 Å². The van der Waals surface area contributed by atoms with Gasteiger partial charge in [-0.1, -0.05) is 20.3 Å². The average molecular weight is 245 g/mol. The van der Waals surface area contributed by atoms with E-state index in [0.29, 0.717) is 0 Å². The first kappa shape index (κ1) is 14.0. The van der Waals surface area contributed by atoms with Gasteiger partial charge in [0.15, 0.2) is 0 Å². The Balaban J connectivity index is 3.11. The molecule has 1 aromatic carbocycles. The van der Waals surface area contributed by atoms with Crippen LogP contribution in [-0.2, 0) is 0 Å². The Bertz CT molecular complexity index is 356. The highest BCUT2D eigenvalue weighted by Gasteiger charge is 2.24. The molecule has 0 aliphatic carbocycles. The topological polar surface area (TPSA) is 12.0 Å². The molecule has 0 fully saturated rings. The zero-order chi connectivity index (χ0) is 13.0. The first-order valence-electron chi connectivity index (χ1n) is 5.83. The fraction of sp³-hybridized carbons (Fsp3) is 0.538. The van der Waals surface area contributed by atoms with E-state index in [2.05, 4.69) is 5.32 Å². The lowest BCUT2D eigenvalue weighted by molar-refractivity contribution is 0.357. The maximum Gasteiger partial charge on any atom is 0.133 e. The number of rotatable bonds is 5. The van der Waals surface area contributed by atoms with E-state index in [-0.39, 0.29) is 11.5 Å². The summed E-state index contributed by atoms with van der Waals surface area (Å²) in [5.74, 6) is -2.46. The Morgan fingerprint density at radius 2 is 1.71 bits per heavy atom. The van der Waals surface area contributed by atoms with Crippen LogP contribution in [-0.4, -0.2) is 7.05 Å². The van der Waals surface area contributed by atoms with Crippen molar-refractivity contribution in [3.05, 3.63) is 35.1 Å². The highest BCUT2D eigenvalue weighted by Crippen LogP contribution is 2.29. The van der Waals surface area contributed by atoms with Crippen LogP contribution in [0.2, 0.25) is 0 Å². The highest BCUT2D eigenvalue weighted by atomic mass is 19.1. The van der Waals surface area contributed by atoms with Crippen molar-refractivity contribution in [2.75, 3.05) is 7.05 Å². The normalized spacial score (nSPS) is 14.7. The minimum atomic E-state index is -0.887. The second kappa shape index (κ2) is 6.05. The molecule has 0 aliphatic heterocycles. The van der Waals surface area contributed by atoms with Crippen molar-refractivity contribution in [1.29, 1.82) is 0 Å². The summed E-state index contributed by atoms with van der Waals surface area (Å²) in [5.41, 5.74) is -0.0742. The van der Waals surface area contributed by atoms with Gasteiger partial charge in [-0.15, -0.1) is 0 Å². The van der Waals surface area contributed by atoms with E-state index in [4.69, 9.17) is 0 Å². The predicted octanol–water partition coefficient (Wildman–Crippen LogP) is 3.80. The molecule has 1 nitrogen and oxygen atoms in total. The van der Waals surface area contributed by atoms with Gasteiger partial charge in [-0.05, 0) is 19.4 Å². The van der Waals surface area contributed by atoms with Gasteiger partial charge in [-0.25, -0.2) is 13.2 Å². The molecule has 0 spiro atoms. The first-order chi connectivity index (χ1) is 8.01. The van der Waals surface area contributed by atoms with Crippen LogP contribution in [0.1, 0.15) is 38.3 Å². The minimum absolute atomic E-state index is 0.0742. The number of hydrogen-bond acceptors (Lipinski definition) is 1. The molecule has 17 heavy (non-hydrogen) atoms. The molecule has 0 heterocycles. The predicted molar refractivity (Wildman–Crippen MR) is 62.2 cm³/mol. The Morgan fingerprint density at radius 1 is 1.18 bits per heavy atom. The van der Waals surface area contributed by atoms with E-state index in [9.17, 15) is 13.2 Å². The van der Waals surface area contributed by atoms with Crippen molar-refractivity contribution in [2.24, 2.45) is 5.92 Å². The van der Waals surface area contributed by atoms with Crippen molar-refractivity contribution in [3.63, 3.8) is 0 Å². The largest absolute Gasteiger partial charge is 0.313 e. The summed E-state index contributed by atoms with van der Waals surface area (Å²) in [4.78, 5) is 0. The van der Waals surface area contributed by atoms with Crippen LogP contribution in [0.3, 0.4) is 0 Å². The molecule has 1 rings (SSSR count). The molecule has 1 N–H and O–H groups in total. The lowest BCUT2D eigenvalue weighted by Crippen LogP contribution is -2.25. The molecule has 0 amide bonds. The van der Waals surface area contributed by atoms with Crippen molar-refractivity contribution in [2.45, 2.75) is 32.7 Å². The summed E-state index contributed by atoms with van der Waals surface area (Å²) < 4.78 is 40.1. The van der Waals surface area contributed by atoms with Crippen LogP contribution in [0.15, 0.2) is 12.1 Å². The number of halogens is 3. The molecule has 4 heteroatoms. The minimum Gasteiger partial charge on any atom is -0.313 e. The molecule has 0 aromatic heterocycles. The van der Waals surface area contributed by atoms with Crippen LogP contribution in [0, 0.1) is 23.4 Å². The number of nitrogens with one attached hydrogen (secondary N) is 1. The van der Waals surface area contributed by atoms with E-state index in [1.54, 1.807) is 7.05 Å². The van der Waals surface area contributed by atoms with Crippen molar-refractivity contribution in [3.8, 4) is 0 Å². The van der Waals surface area contributed by atoms with Gasteiger partial charge in [0.2, 0.25) is 0 Å². The SMILES string of the molecule is CCCC(C)C(NC)c1c(F)cc(F)cc1F. The van der Waals surface area contributed by atoms with Gasteiger partial charge >= 0.3 is 0 Å². The van der Waals surface area contributed by atoms with Crippen LogP contribution >= 0.6 is 0 Å². The fourth-order valence-corrected chi connectivity index (χ4v) is 2.19. The molecule has 1 aromatic rings. The molecule has 0 aliphatic rings. The Morgan fingerprint density at radius 3 is 2.12 bits per heavy atom. The summed E-state index contributed by atoms with van der Waals surface area (Å²) in [7, 11) is 1.65. The lowest BCUT2D eigenvalue weighted by atomic mass is 9.90. The summed E-state index contributed by atoms with van der Waals surface area (Å²) in [6, 6.07) is 1.01. The highest BCUT2D eigenvalue weighted by molar-refractivity contribution is 5.24. The fourth-order valence-electron chi connectivity index (χ4n) is 2.19. The quantitative estimate of drug-likeness (QED) is 0.832. The molecule has 2 unspecified atom stereocenters. The van der Waals surface area contributed by atoms with Crippen LogP contribution in [0.25, 0.3) is 0 Å². The van der Waals surface area contributed by atoms with Gasteiger partial charge in [0.05, 0.1) is 0 Å². The van der Waals surface area contributed by atoms with Gasteiger partial charge in [0.25, 0.3) is 0 Å². The summed E-state index contributed by atoms with van der Waals surface area (Å²) in [6.07, 6.45) is 1.78. The van der Waals surface area contributed by atoms with Crippen molar-refractivity contribution >= 4 is 0 Å². The smallest absolute Gasteiger partial charge is 0.133 e. The zero-order valence-corrected chi connectivity index (χ0v) is 10.4. The third-order valence-corrected chi connectivity index (χ3v) is 2.98. The zero-order valence-electron chi connectivity index (χ0n) is 10.4. The van der Waals surface area contributed by atoms with Gasteiger partial charge in [-0.3, -0.25) is 0 Å². The van der Waals surface area contributed by atoms with E-state index in [1.165, 1.54) is 0 Å². The van der Waals surface area contributed by atoms with E-state index < -0.39 is 23.5 Å². The number of benzene rings is 1. The maximum atomic E-state index is 13.6. The van der Waals surface area contributed by atoms with E-state index >= 15 is 0 Å². The maximum absolute atomic E-state index is 13.6. The molecule has 96 valence electrons. The molecule has 2 atom stereocenters. The second-order valence-corrected chi connectivity index (χ2v) is 4.32. The van der Waals surface area contributed by atoms with Crippen molar-refractivity contribution in [1.82, 2.24) is 5.32 Å². The summed E-state index contributed by atoms with van der Waals surface area (Å²) in [5, 5.41) is 2.90. The Kier molecular flexibility index (Phi) is 5.00. The van der Waals surface area contributed by atoms with Gasteiger partial charge in [0, 0.05) is 23.7 Å². The van der Waals surface area contributed by atoms with Crippen LogP contribution < -0.4 is 5.32 Å². The Labute approximate surface area is 100 Å².